The summed E-state index contributed by atoms with van der Waals surface area (Å²) in [4.78, 5) is 12.7. The molecule has 0 aliphatic carbocycles. The number of hydrogen-bond donors (Lipinski definition) is 0. The van der Waals surface area contributed by atoms with E-state index >= 15 is 0 Å². The standard InChI is InChI=1S/C26H25N3O2S/c1-3-29-25(17-31-23-15-9-19(2)10-16-23)27-28-26(29)32-18-24(30)22-13-11-21(12-14-22)20-7-5-4-6-8-20/h4-16H,3,17-18H2,1-2H3. The summed E-state index contributed by atoms with van der Waals surface area (Å²) < 4.78 is 7.84. The minimum Gasteiger partial charge on any atom is -0.486 e. The van der Waals surface area contributed by atoms with E-state index in [0.717, 1.165) is 27.9 Å². The van der Waals surface area contributed by atoms with E-state index in [4.69, 9.17) is 4.74 Å². The largest absolute Gasteiger partial charge is 0.486 e. The Hall–Kier alpha value is -3.38. The Balaban J connectivity index is 1.37. The molecule has 0 N–H and O–H groups in total. The highest BCUT2D eigenvalue weighted by Crippen LogP contribution is 2.22. The highest BCUT2D eigenvalue weighted by molar-refractivity contribution is 7.99. The van der Waals surface area contributed by atoms with Gasteiger partial charge in [-0.1, -0.05) is 84.1 Å². The van der Waals surface area contributed by atoms with Crippen molar-refractivity contribution in [3.63, 3.8) is 0 Å². The van der Waals surface area contributed by atoms with E-state index in [-0.39, 0.29) is 5.78 Å². The first-order valence-corrected chi connectivity index (χ1v) is 11.6. The molecule has 0 unspecified atom stereocenters. The maximum absolute atomic E-state index is 12.7. The molecule has 1 aromatic heterocycles. The molecule has 4 aromatic rings. The van der Waals surface area contributed by atoms with Gasteiger partial charge in [-0.2, -0.15) is 0 Å². The van der Waals surface area contributed by atoms with Crippen molar-refractivity contribution >= 4 is 17.5 Å². The molecule has 0 radical (unpaired) electrons. The lowest BCUT2D eigenvalue weighted by molar-refractivity contribution is 0.102. The van der Waals surface area contributed by atoms with Gasteiger partial charge in [-0.25, -0.2) is 0 Å². The van der Waals surface area contributed by atoms with E-state index in [0.29, 0.717) is 24.5 Å². The highest BCUT2D eigenvalue weighted by Gasteiger charge is 2.15. The average molecular weight is 444 g/mol. The molecule has 0 aliphatic rings. The number of benzene rings is 3. The van der Waals surface area contributed by atoms with Crippen LogP contribution in [-0.2, 0) is 13.2 Å². The SMILES string of the molecule is CCn1c(COc2ccc(C)cc2)nnc1SCC(=O)c1ccc(-c2ccccc2)cc1. The van der Waals surface area contributed by atoms with Gasteiger partial charge in [0.25, 0.3) is 0 Å². The van der Waals surface area contributed by atoms with Crippen molar-refractivity contribution < 1.29 is 9.53 Å². The number of aryl methyl sites for hydroxylation is 1. The Morgan fingerprint density at radius 2 is 1.59 bits per heavy atom. The van der Waals surface area contributed by atoms with Crippen LogP contribution in [0.3, 0.4) is 0 Å². The molecule has 0 atom stereocenters. The molecule has 3 aromatic carbocycles. The van der Waals surface area contributed by atoms with Crippen molar-refractivity contribution in [3.8, 4) is 16.9 Å². The molecule has 1 heterocycles. The first-order valence-electron chi connectivity index (χ1n) is 10.6. The van der Waals surface area contributed by atoms with Crippen LogP contribution in [-0.4, -0.2) is 26.3 Å². The van der Waals surface area contributed by atoms with Crippen molar-refractivity contribution in [1.82, 2.24) is 14.8 Å². The minimum atomic E-state index is 0.0673. The molecular weight excluding hydrogens is 418 g/mol. The smallest absolute Gasteiger partial charge is 0.191 e. The van der Waals surface area contributed by atoms with Crippen LogP contribution in [0.25, 0.3) is 11.1 Å². The molecular formula is C26H25N3O2S. The van der Waals surface area contributed by atoms with Gasteiger partial charge in [0.1, 0.15) is 12.4 Å². The molecule has 0 saturated heterocycles. The van der Waals surface area contributed by atoms with Gasteiger partial charge >= 0.3 is 0 Å². The fourth-order valence-corrected chi connectivity index (χ4v) is 4.24. The van der Waals surface area contributed by atoms with Gasteiger partial charge in [-0.15, -0.1) is 10.2 Å². The molecule has 6 heteroatoms. The summed E-state index contributed by atoms with van der Waals surface area (Å²) in [6.07, 6.45) is 0. The van der Waals surface area contributed by atoms with Gasteiger partial charge in [0.05, 0.1) is 5.75 Å². The molecule has 0 aliphatic heterocycles. The molecule has 32 heavy (non-hydrogen) atoms. The minimum absolute atomic E-state index is 0.0673. The van der Waals surface area contributed by atoms with Crippen LogP contribution in [0.15, 0.2) is 84.0 Å². The summed E-state index contributed by atoms with van der Waals surface area (Å²) in [5, 5.41) is 9.27. The molecule has 4 rings (SSSR count). The first kappa shape index (κ1) is 21.8. The topological polar surface area (TPSA) is 57.0 Å². The number of carbonyl (C=O) groups is 1. The van der Waals surface area contributed by atoms with Crippen molar-refractivity contribution in [2.24, 2.45) is 0 Å². The zero-order valence-corrected chi connectivity index (χ0v) is 19.0. The van der Waals surface area contributed by atoms with Crippen LogP contribution in [0.1, 0.15) is 28.7 Å². The van der Waals surface area contributed by atoms with Crippen LogP contribution in [0, 0.1) is 6.92 Å². The summed E-state index contributed by atoms with van der Waals surface area (Å²) in [6, 6.07) is 25.8. The third-order valence-electron chi connectivity index (χ3n) is 5.14. The molecule has 0 spiro atoms. The number of Topliss-reactive ketones (excluding diaryl/α,β-unsaturated/α-hetero) is 1. The number of carbonyl (C=O) groups excluding carboxylic acids is 1. The van der Waals surface area contributed by atoms with E-state index in [1.807, 2.05) is 85.1 Å². The average Bonchev–Trinajstić information content (AvgIpc) is 3.24. The number of ketones is 1. The summed E-state index contributed by atoms with van der Waals surface area (Å²) in [6.45, 7) is 5.12. The van der Waals surface area contributed by atoms with E-state index in [2.05, 4.69) is 22.3 Å². The Bertz CT molecular complexity index is 1170. The van der Waals surface area contributed by atoms with Crippen LogP contribution < -0.4 is 4.74 Å². The number of thioether (sulfide) groups is 1. The number of hydrogen-bond acceptors (Lipinski definition) is 5. The monoisotopic (exact) mass is 443 g/mol. The predicted molar refractivity (Wildman–Crippen MR) is 128 cm³/mol. The normalized spacial score (nSPS) is 10.8. The van der Waals surface area contributed by atoms with E-state index in [9.17, 15) is 4.79 Å². The van der Waals surface area contributed by atoms with E-state index < -0.39 is 0 Å². The molecule has 162 valence electrons. The summed E-state index contributed by atoms with van der Waals surface area (Å²) in [5.41, 5.74) is 4.12. The van der Waals surface area contributed by atoms with Gasteiger partial charge in [-0.3, -0.25) is 4.79 Å². The van der Waals surface area contributed by atoms with Crippen molar-refractivity contribution in [1.29, 1.82) is 0 Å². The number of nitrogens with zero attached hydrogens (tertiary/aromatic N) is 3. The molecule has 0 amide bonds. The van der Waals surface area contributed by atoms with Crippen molar-refractivity contribution in [2.45, 2.75) is 32.2 Å². The van der Waals surface area contributed by atoms with Crippen LogP contribution in [0.4, 0.5) is 0 Å². The van der Waals surface area contributed by atoms with E-state index in [1.165, 1.54) is 17.3 Å². The van der Waals surface area contributed by atoms with Crippen LogP contribution in [0.5, 0.6) is 5.75 Å². The lowest BCUT2D eigenvalue weighted by Gasteiger charge is -2.09. The maximum atomic E-state index is 12.7. The maximum Gasteiger partial charge on any atom is 0.191 e. The second kappa shape index (κ2) is 10.3. The summed E-state index contributed by atoms with van der Waals surface area (Å²) >= 11 is 1.40. The second-order valence-corrected chi connectivity index (χ2v) is 8.34. The van der Waals surface area contributed by atoms with Gasteiger partial charge in [0.2, 0.25) is 0 Å². The first-order chi connectivity index (χ1) is 15.6. The fraction of sp³-hybridized carbons (Fsp3) is 0.192. The second-order valence-electron chi connectivity index (χ2n) is 7.40. The van der Waals surface area contributed by atoms with Crippen LogP contribution in [0.2, 0.25) is 0 Å². The Morgan fingerprint density at radius 3 is 2.28 bits per heavy atom. The third-order valence-corrected chi connectivity index (χ3v) is 6.11. The molecule has 5 nitrogen and oxygen atoms in total. The Kier molecular flexibility index (Phi) is 7.02. The Morgan fingerprint density at radius 1 is 0.906 bits per heavy atom. The lowest BCUT2D eigenvalue weighted by atomic mass is 10.0. The number of ether oxygens (including phenoxy) is 1. The van der Waals surface area contributed by atoms with Gasteiger partial charge in [0, 0.05) is 12.1 Å². The fourth-order valence-electron chi connectivity index (χ4n) is 3.33. The summed E-state index contributed by atoms with van der Waals surface area (Å²) in [5.74, 6) is 1.92. The van der Waals surface area contributed by atoms with Gasteiger partial charge < -0.3 is 9.30 Å². The van der Waals surface area contributed by atoms with Gasteiger partial charge in [-0.05, 0) is 37.1 Å². The summed E-state index contributed by atoms with van der Waals surface area (Å²) in [7, 11) is 0. The van der Waals surface area contributed by atoms with Crippen molar-refractivity contribution in [2.75, 3.05) is 5.75 Å². The zero-order valence-electron chi connectivity index (χ0n) is 18.2. The van der Waals surface area contributed by atoms with Crippen molar-refractivity contribution in [3.05, 3.63) is 95.8 Å². The molecule has 0 saturated carbocycles. The highest BCUT2D eigenvalue weighted by atomic mass is 32.2. The van der Waals surface area contributed by atoms with E-state index in [1.54, 1.807) is 0 Å². The third kappa shape index (κ3) is 5.26. The van der Waals surface area contributed by atoms with Crippen LogP contribution >= 0.6 is 11.8 Å². The zero-order chi connectivity index (χ0) is 22.3. The predicted octanol–water partition coefficient (Wildman–Crippen LogP) is 5.83. The van der Waals surface area contributed by atoms with Gasteiger partial charge in [0.15, 0.2) is 16.8 Å². The quantitative estimate of drug-likeness (QED) is 0.241. The Labute approximate surface area is 192 Å². The number of rotatable bonds is 9. The number of aromatic nitrogens is 3. The molecule has 0 fully saturated rings. The molecule has 0 bridgehead atoms. The lowest BCUT2D eigenvalue weighted by Crippen LogP contribution is -2.08.